The lowest BCUT2D eigenvalue weighted by Crippen LogP contribution is -2.38. The molecule has 1 N–H and O–H groups in total. The SMILES string of the molecule is CCN1CC(=O)Nc2ccc(Cl)nc21. The Morgan fingerprint density at radius 3 is 3.14 bits per heavy atom. The van der Waals surface area contributed by atoms with Gasteiger partial charge in [0, 0.05) is 6.54 Å². The van der Waals surface area contributed by atoms with Crippen molar-refractivity contribution >= 4 is 29.0 Å². The summed E-state index contributed by atoms with van der Waals surface area (Å²) in [6.07, 6.45) is 0. The number of pyridine rings is 1. The Labute approximate surface area is 86.9 Å². The first kappa shape index (κ1) is 9.27. The van der Waals surface area contributed by atoms with E-state index in [9.17, 15) is 4.79 Å². The fraction of sp³-hybridized carbons (Fsp3) is 0.333. The van der Waals surface area contributed by atoms with E-state index >= 15 is 0 Å². The Morgan fingerprint density at radius 2 is 2.43 bits per heavy atom. The highest BCUT2D eigenvalue weighted by atomic mass is 35.5. The van der Waals surface area contributed by atoms with Crippen molar-refractivity contribution in [2.45, 2.75) is 6.92 Å². The van der Waals surface area contributed by atoms with E-state index < -0.39 is 0 Å². The summed E-state index contributed by atoms with van der Waals surface area (Å²) in [4.78, 5) is 17.3. The van der Waals surface area contributed by atoms with Crippen molar-refractivity contribution < 1.29 is 4.79 Å². The zero-order valence-corrected chi connectivity index (χ0v) is 8.51. The third-order valence-corrected chi connectivity index (χ3v) is 2.34. The molecule has 0 saturated carbocycles. The molecule has 0 atom stereocenters. The Morgan fingerprint density at radius 1 is 1.64 bits per heavy atom. The van der Waals surface area contributed by atoms with E-state index in [1.165, 1.54) is 0 Å². The maximum Gasteiger partial charge on any atom is 0.244 e. The molecule has 0 saturated heterocycles. The summed E-state index contributed by atoms with van der Waals surface area (Å²) < 4.78 is 0. The minimum absolute atomic E-state index is 0.0107. The summed E-state index contributed by atoms with van der Waals surface area (Å²) >= 11 is 5.78. The van der Waals surface area contributed by atoms with Crippen molar-refractivity contribution in [1.29, 1.82) is 0 Å². The number of aromatic nitrogens is 1. The number of hydrogen-bond acceptors (Lipinski definition) is 3. The van der Waals surface area contributed by atoms with E-state index in [4.69, 9.17) is 11.6 Å². The fourth-order valence-electron chi connectivity index (χ4n) is 1.46. The number of nitrogens with one attached hydrogen (secondary N) is 1. The lowest BCUT2D eigenvalue weighted by Gasteiger charge is -2.28. The van der Waals surface area contributed by atoms with Gasteiger partial charge in [0.2, 0.25) is 5.91 Å². The van der Waals surface area contributed by atoms with E-state index in [0.717, 1.165) is 18.1 Å². The van der Waals surface area contributed by atoms with E-state index in [1.807, 2.05) is 11.8 Å². The number of nitrogens with zero attached hydrogens (tertiary/aromatic N) is 2. The molecule has 74 valence electrons. The molecular formula is C9H10ClN3O. The quantitative estimate of drug-likeness (QED) is 0.717. The average Bonchev–Trinajstić information content (AvgIpc) is 2.17. The van der Waals surface area contributed by atoms with Gasteiger partial charge >= 0.3 is 0 Å². The van der Waals surface area contributed by atoms with Crippen LogP contribution in [0.3, 0.4) is 0 Å². The summed E-state index contributed by atoms with van der Waals surface area (Å²) in [6.45, 7) is 3.07. The Bertz CT molecular complexity index is 380. The van der Waals surface area contributed by atoms with Gasteiger partial charge in [-0.2, -0.15) is 0 Å². The highest BCUT2D eigenvalue weighted by Crippen LogP contribution is 2.28. The van der Waals surface area contributed by atoms with Gasteiger partial charge in [0.05, 0.1) is 12.2 Å². The molecule has 2 rings (SSSR count). The molecule has 1 aliphatic rings. The van der Waals surface area contributed by atoms with Crippen molar-refractivity contribution in [2.75, 3.05) is 23.3 Å². The summed E-state index contributed by atoms with van der Waals surface area (Å²) in [5, 5.41) is 3.19. The summed E-state index contributed by atoms with van der Waals surface area (Å²) in [6, 6.07) is 3.43. The molecule has 0 aromatic carbocycles. The number of halogens is 1. The second-order valence-corrected chi connectivity index (χ2v) is 3.45. The van der Waals surface area contributed by atoms with Gasteiger partial charge in [-0.25, -0.2) is 4.98 Å². The van der Waals surface area contributed by atoms with Crippen LogP contribution in [0.5, 0.6) is 0 Å². The maximum atomic E-state index is 11.3. The van der Waals surface area contributed by atoms with Crippen molar-refractivity contribution in [1.82, 2.24) is 4.98 Å². The van der Waals surface area contributed by atoms with Gasteiger partial charge in [-0.15, -0.1) is 0 Å². The number of rotatable bonds is 1. The van der Waals surface area contributed by atoms with Crippen LogP contribution in [0.4, 0.5) is 11.5 Å². The van der Waals surface area contributed by atoms with E-state index in [2.05, 4.69) is 10.3 Å². The number of amides is 1. The molecule has 0 fully saturated rings. The van der Waals surface area contributed by atoms with Gasteiger partial charge in [0.25, 0.3) is 0 Å². The minimum Gasteiger partial charge on any atom is -0.346 e. The third-order valence-electron chi connectivity index (χ3n) is 2.13. The smallest absolute Gasteiger partial charge is 0.244 e. The highest BCUT2D eigenvalue weighted by molar-refractivity contribution is 6.29. The molecule has 2 heterocycles. The molecule has 0 unspecified atom stereocenters. The van der Waals surface area contributed by atoms with E-state index in [1.54, 1.807) is 12.1 Å². The van der Waals surface area contributed by atoms with Gasteiger partial charge in [-0.05, 0) is 19.1 Å². The van der Waals surface area contributed by atoms with Crippen molar-refractivity contribution in [3.05, 3.63) is 17.3 Å². The van der Waals surface area contributed by atoms with Crippen LogP contribution < -0.4 is 10.2 Å². The standard InChI is InChI=1S/C9H10ClN3O/c1-2-13-5-8(14)11-6-3-4-7(10)12-9(6)13/h3-4H,2,5H2,1H3,(H,11,14). The lowest BCUT2D eigenvalue weighted by atomic mass is 10.3. The Balaban J connectivity index is 2.46. The molecule has 5 heteroatoms. The Kier molecular flexibility index (Phi) is 2.29. The number of carbonyl (C=O) groups is 1. The van der Waals surface area contributed by atoms with Crippen LogP contribution >= 0.6 is 11.6 Å². The normalized spacial score (nSPS) is 15.0. The second-order valence-electron chi connectivity index (χ2n) is 3.07. The lowest BCUT2D eigenvalue weighted by molar-refractivity contribution is -0.115. The minimum atomic E-state index is -0.0107. The number of fused-ring (bicyclic) bond motifs is 1. The van der Waals surface area contributed by atoms with Crippen molar-refractivity contribution in [3.8, 4) is 0 Å². The van der Waals surface area contributed by atoms with Crippen LogP contribution in [-0.4, -0.2) is 24.0 Å². The number of anilines is 2. The zero-order valence-electron chi connectivity index (χ0n) is 7.75. The predicted molar refractivity (Wildman–Crippen MR) is 55.8 cm³/mol. The highest BCUT2D eigenvalue weighted by Gasteiger charge is 2.21. The molecule has 0 bridgehead atoms. The third kappa shape index (κ3) is 1.53. The summed E-state index contributed by atoms with van der Waals surface area (Å²) in [5.41, 5.74) is 0.729. The van der Waals surface area contributed by atoms with E-state index in [0.29, 0.717) is 11.7 Å². The number of carbonyl (C=O) groups excluding carboxylic acids is 1. The van der Waals surface area contributed by atoms with Crippen LogP contribution in [0, 0.1) is 0 Å². The summed E-state index contributed by atoms with van der Waals surface area (Å²) in [5.74, 6) is 0.739. The molecule has 0 spiro atoms. The topological polar surface area (TPSA) is 45.2 Å². The van der Waals surface area contributed by atoms with Gasteiger partial charge in [0.15, 0.2) is 5.82 Å². The number of likely N-dealkylation sites (N-methyl/N-ethyl adjacent to an activating group) is 1. The Hall–Kier alpha value is -1.29. The molecule has 0 aliphatic carbocycles. The first-order chi connectivity index (χ1) is 6.70. The average molecular weight is 212 g/mol. The molecule has 1 amide bonds. The molecule has 14 heavy (non-hydrogen) atoms. The van der Waals surface area contributed by atoms with Crippen LogP contribution in [0.25, 0.3) is 0 Å². The predicted octanol–water partition coefficient (Wildman–Crippen LogP) is 1.51. The van der Waals surface area contributed by atoms with Crippen LogP contribution in [-0.2, 0) is 4.79 Å². The number of hydrogen-bond donors (Lipinski definition) is 1. The van der Waals surface area contributed by atoms with E-state index in [-0.39, 0.29) is 5.91 Å². The monoisotopic (exact) mass is 211 g/mol. The van der Waals surface area contributed by atoms with Crippen molar-refractivity contribution in [2.24, 2.45) is 0 Å². The zero-order chi connectivity index (χ0) is 10.1. The molecule has 1 aromatic heterocycles. The molecule has 1 aliphatic heterocycles. The van der Waals surface area contributed by atoms with Crippen LogP contribution in [0.2, 0.25) is 5.15 Å². The fourth-order valence-corrected chi connectivity index (χ4v) is 1.61. The van der Waals surface area contributed by atoms with Gasteiger partial charge in [0.1, 0.15) is 5.15 Å². The molecule has 1 aromatic rings. The maximum absolute atomic E-state index is 11.3. The van der Waals surface area contributed by atoms with Gasteiger partial charge < -0.3 is 10.2 Å². The van der Waals surface area contributed by atoms with Gasteiger partial charge in [-0.1, -0.05) is 11.6 Å². The molecular weight excluding hydrogens is 202 g/mol. The largest absolute Gasteiger partial charge is 0.346 e. The van der Waals surface area contributed by atoms with Gasteiger partial charge in [-0.3, -0.25) is 4.79 Å². The van der Waals surface area contributed by atoms with Crippen molar-refractivity contribution in [3.63, 3.8) is 0 Å². The molecule has 4 nitrogen and oxygen atoms in total. The second kappa shape index (κ2) is 3.46. The first-order valence-corrected chi connectivity index (χ1v) is 4.80. The summed E-state index contributed by atoms with van der Waals surface area (Å²) in [7, 11) is 0. The van der Waals surface area contributed by atoms with Crippen LogP contribution in [0.1, 0.15) is 6.92 Å². The molecule has 0 radical (unpaired) electrons. The van der Waals surface area contributed by atoms with Crippen LogP contribution in [0.15, 0.2) is 12.1 Å². The first-order valence-electron chi connectivity index (χ1n) is 4.42.